The van der Waals surface area contributed by atoms with Crippen molar-refractivity contribution >= 4 is 39.4 Å². The van der Waals surface area contributed by atoms with Gasteiger partial charge in [0.1, 0.15) is 22.7 Å². The number of piperazine rings is 1. The zero-order valence-corrected chi connectivity index (χ0v) is 18.8. The van der Waals surface area contributed by atoms with Crippen LogP contribution in [-0.2, 0) is 0 Å². The summed E-state index contributed by atoms with van der Waals surface area (Å²) >= 11 is 1.17. The van der Waals surface area contributed by atoms with Crippen LogP contribution in [0.3, 0.4) is 0 Å². The topological polar surface area (TPSA) is 94.7 Å². The van der Waals surface area contributed by atoms with Crippen LogP contribution >= 0.6 is 11.3 Å². The average Bonchev–Trinajstić information content (AvgIpc) is 3.15. The maximum atomic E-state index is 13.5. The lowest BCUT2D eigenvalue weighted by atomic mass is 10.1. The van der Waals surface area contributed by atoms with E-state index in [-0.39, 0.29) is 17.4 Å². The minimum Gasteiger partial charge on any atom is -0.382 e. The normalized spacial score (nSPS) is 15.6. The number of carbonyl (C=O) groups excluding carboxylic acids is 1. The predicted octanol–water partition coefficient (Wildman–Crippen LogP) is 3.61. The summed E-state index contributed by atoms with van der Waals surface area (Å²) in [7, 11) is 0. The first-order chi connectivity index (χ1) is 15.3. The second kappa shape index (κ2) is 9.23. The highest BCUT2D eigenvalue weighted by molar-refractivity contribution is 7.18. The number of aryl methyl sites for hydroxylation is 1. The number of carbonyl (C=O) groups is 1. The van der Waals surface area contributed by atoms with E-state index in [0.717, 1.165) is 37.6 Å². The van der Waals surface area contributed by atoms with E-state index in [9.17, 15) is 14.3 Å². The molecule has 0 spiro atoms. The van der Waals surface area contributed by atoms with Gasteiger partial charge >= 0.3 is 0 Å². The van der Waals surface area contributed by atoms with Gasteiger partial charge in [0.2, 0.25) is 5.78 Å². The molecule has 4 rings (SSSR count). The molecule has 0 bridgehead atoms. The van der Waals surface area contributed by atoms with Gasteiger partial charge in [0, 0.05) is 43.1 Å². The summed E-state index contributed by atoms with van der Waals surface area (Å²) in [6.45, 7) is 6.76. The van der Waals surface area contributed by atoms with E-state index in [1.807, 2.05) is 29.2 Å². The molecule has 1 unspecified atom stereocenters. The molecular formula is C23H26FN5O2S. The van der Waals surface area contributed by atoms with Crippen molar-refractivity contribution in [3.05, 3.63) is 64.3 Å². The number of benzene rings is 2. The van der Waals surface area contributed by atoms with Crippen molar-refractivity contribution in [3.63, 3.8) is 0 Å². The number of nitrogens with two attached hydrogens (primary N) is 1. The van der Waals surface area contributed by atoms with E-state index in [4.69, 9.17) is 5.73 Å². The Kier molecular flexibility index (Phi) is 6.40. The number of nitrogen functional groups attached to an aromatic ring is 1. The zero-order valence-electron chi connectivity index (χ0n) is 18.0. The molecule has 7 nitrogen and oxygen atoms in total. The first kappa shape index (κ1) is 22.2. The maximum absolute atomic E-state index is 13.5. The molecule has 0 radical (unpaired) electrons. The number of ketones is 1. The second-order valence-electron chi connectivity index (χ2n) is 7.85. The van der Waals surface area contributed by atoms with E-state index < -0.39 is 6.23 Å². The quantitative estimate of drug-likeness (QED) is 0.489. The molecule has 1 aliphatic heterocycles. The Morgan fingerprint density at radius 3 is 2.50 bits per heavy atom. The fourth-order valence-electron chi connectivity index (χ4n) is 3.70. The fraction of sp³-hybridized carbons (Fsp3) is 0.304. The number of aliphatic hydroxyl groups excluding tert-OH is 1. The number of thiazole rings is 1. The van der Waals surface area contributed by atoms with Crippen LogP contribution in [0, 0.1) is 12.7 Å². The smallest absolute Gasteiger partial charge is 0.206 e. The van der Waals surface area contributed by atoms with Crippen molar-refractivity contribution in [2.45, 2.75) is 20.1 Å². The summed E-state index contributed by atoms with van der Waals surface area (Å²) in [6.07, 6.45) is -0.418. The third kappa shape index (κ3) is 4.74. The van der Waals surface area contributed by atoms with Crippen molar-refractivity contribution < 1.29 is 14.3 Å². The van der Waals surface area contributed by atoms with Crippen LogP contribution in [-0.4, -0.2) is 53.2 Å². The van der Waals surface area contributed by atoms with Crippen LogP contribution in [0.2, 0.25) is 0 Å². The lowest BCUT2D eigenvalue weighted by molar-refractivity contribution is 0.0153. The minimum atomic E-state index is -0.418. The number of hydrogen-bond acceptors (Lipinski definition) is 8. The summed E-state index contributed by atoms with van der Waals surface area (Å²) in [4.78, 5) is 21.7. The molecule has 2 aromatic carbocycles. The monoisotopic (exact) mass is 455 g/mol. The molecule has 1 fully saturated rings. The van der Waals surface area contributed by atoms with Crippen LogP contribution in [0.5, 0.6) is 0 Å². The van der Waals surface area contributed by atoms with Crippen LogP contribution in [0.25, 0.3) is 0 Å². The Hall–Kier alpha value is -3.01. The summed E-state index contributed by atoms with van der Waals surface area (Å²) in [5.74, 6) is -0.477. The highest BCUT2D eigenvalue weighted by atomic mass is 32.1. The maximum Gasteiger partial charge on any atom is 0.206 e. The van der Waals surface area contributed by atoms with Gasteiger partial charge < -0.3 is 21.1 Å². The molecule has 9 heteroatoms. The molecule has 32 heavy (non-hydrogen) atoms. The Bertz CT molecular complexity index is 1110. The van der Waals surface area contributed by atoms with Gasteiger partial charge in [-0.05, 0) is 61.9 Å². The number of anilines is 4. The molecule has 2 heterocycles. The van der Waals surface area contributed by atoms with Gasteiger partial charge in [-0.25, -0.2) is 9.37 Å². The third-order valence-electron chi connectivity index (χ3n) is 5.61. The highest BCUT2D eigenvalue weighted by Crippen LogP contribution is 2.31. The average molecular weight is 456 g/mol. The summed E-state index contributed by atoms with van der Waals surface area (Å²) in [5, 5.41) is 13.4. The molecule has 0 amide bonds. The molecule has 1 atom stereocenters. The number of rotatable bonds is 6. The van der Waals surface area contributed by atoms with Crippen molar-refractivity contribution in [2.75, 3.05) is 42.1 Å². The number of aromatic nitrogens is 1. The Balaban J connectivity index is 1.43. The molecular weight excluding hydrogens is 429 g/mol. The van der Waals surface area contributed by atoms with Crippen molar-refractivity contribution in [2.24, 2.45) is 0 Å². The Labute approximate surface area is 190 Å². The lowest BCUT2D eigenvalue weighted by Gasteiger charge is -2.37. The third-order valence-corrected chi connectivity index (χ3v) is 6.59. The van der Waals surface area contributed by atoms with Gasteiger partial charge in [-0.1, -0.05) is 11.3 Å². The minimum absolute atomic E-state index is 0.150. The molecule has 0 saturated carbocycles. The van der Waals surface area contributed by atoms with Crippen molar-refractivity contribution in [1.82, 2.24) is 9.88 Å². The zero-order chi connectivity index (χ0) is 22.8. The molecule has 0 aliphatic carbocycles. The standard InChI is InChI=1S/C23H26FN5O2S/c1-14-13-16(3-8-19(14)24)20(31)21-22(25)27-23(32-21)26-17-4-6-18(7-5-17)29-11-9-28(10-12-29)15(2)30/h3-8,13,15,30H,9-12,25H2,1-2H3,(H,26,27). The Morgan fingerprint density at radius 1 is 1.19 bits per heavy atom. The molecule has 4 N–H and O–H groups in total. The van der Waals surface area contributed by atoms with Crippen molar-refractivity contribution in [3.8, 4) is 0 Å². The Morgan fingerprint density at radius 2 is 1.88 bits per heavy atom. The summed E-state index contributed by atoms with van der Waals surface area (Å²) in [5.41, 5.74) is 8.73. The van der Waals surface area contributed by atoms with Crippen molar-refractivity contribution in [1.29, 1.82) is 0 Å². The fourth-order valence-corrected chi connectivity index (χ4v) is 4.56. The molecule has 1 aliphatic rings. The molecule has 1 aromatic heterocycles. The van der Waals surface area contributed by atoms with Crippen LogP contribution in [0.4, 0.5) is 26.7 Å². The lowest BCUT2D eigenvalue weighted by Crippen LogP contribution is -2.49. The number of nitrogens with one attached hydrogen (secondary N) is 1. The van der Waals surface area contributed by atoms with E-state index in [1.165, 1.54) is 29.5 Å². The van der Waals surface area contributed by atoms with E-state index >= 15 is 0 Å². The first-order valence-electron chi connectivity index (χ1n) is 10.4. The summed E-state index contributed by atoms with van der Waals surface area (Å²) < 4.78 is 13.5. The largest absolute Gasteiger partial charge is 0.382 e. The number of halogens is 1. The molecule has 1 saturated heterocycles. The highest BCUT2D eigenvalue weighted by Gasteiger charge is 2.21. The predicted molar refractivity (Wildman–Crippen MR) is 126 cm³/mol. The van der Waals surface area contributed by atoms with E-state index in [0.29, 0.717) is 21.1 Å². The van der Waals surface area contributed by atoms with Gasteiger partial charge in [0.05, 0.1) is 0 Å². The SMILES string of the molecule is Cc1cc(C(=O)c2sc(Nc3ccc(N4CCN(C(C)O)CC4)cc3)nc2N)ccc1F. The van der Waals surface area contributed by atoms with Gasteiger partial charge in [-0.3, -0.25) is 9.69 Å². The van der Waals surface area contributed by atoms with Gasteiger partial charge in [-0.2, -0.15) is 0 Å². The number of hydrogen-bond donors (Lipinski definition) is 3. The van der Waals surface area contributed by atoms with Crippen LogP contribution < -0.4 is 16.0 Å². The van der Waals surface area contributed by atoms with Crippen LogP contribution in [0.15, 0.2) is 42.5 Å². The van der Waals surface area contributed by atoms with Gasteiger partial charge in [0.15, 0.2) is 5.13 Å². The van der Waals surface area contributed by atoms with Crippen LogP contribution in [0.1, 0.15) is 27.7 Å². The van der Waals surface area contributed by atoms with Gasteiger partial charge in [-0.15, -0.1) is 0 Å². The number of nitrogens with zero attached hydrogens (tertiary/aromatic N) is 3. The molecule has 168 valence electrons. The second-order valence-corrected chi connectivity index (χ2v) is 8.85. The number of aliphatic hydroxyl groups is 1. The molecule has 3 aromatic rings. The first-order valence-corrected chi connectivity index (χ1v) is 11.2. The summed E-state index contributed by atoms with van der Waals surface area (Å²) in [6, 6.07) is 12.2. The van der Waals surface area contributed by atoms with E-state index in [2.05, 4.69) is 15.2 Å². The van der Waals surface area contributed by atoms with Gasteiger partial charge in [0.25, 0.3) is 0 Å². The van der Waals surface area contributed by atoms with E-state index in [1.54, 1.807) is 13.8 Å².